The van der Waals surface area contributed by atoms with Crippen LogP contribution in [0.2, 0.25) is 0 Å². The first-order valence-electron chi connectivity index (χ1n) is 10.1. The summed E-state index contributed by atoms with van der Waals surface area (Å²) in [6.07, 6.45) is 4.50. The van der Waals surface area contributed by atoms with Crippen molar-refractivity contribution in [3.05, 3.63) is 23.8 Å². The fourth-order valence-electron chi connectivity index (χ4n) is 3.45. The van der Waals surface area contributed by atoms with Gasteiger partial charge in [-0.2, -0.15) is 0 Å². The Morgan fingerprint density at radius 3 is 2.50 bits per heavy atom. The summed E-state index contributed by atoms with van der Waals surface area (Å²) in [5.41, 5.74) is 1.20. The van der Waals surface area contributed by atoms with Crippen LogP contribution in [-0.2, 0) is 11.3 Å². The van der Waals surface area contributed by atoms with Crippen LogP contribution in [0.4, 0.5) is 0 Å². The molecular weight excluding hydrogens is 356 g/mol. The third-order valence-electron chi connectivity index (χ3n) is 4.97. The van der Waals surface area contributed by atoms with Gasteiger partial charge < -0.3 is 24.8 Å². The number of unbranched alkanes of at least 4 members (excludes halogenated alkanes) is 2. The first-order valence-corrected chi connectivity index (χ1v) is 10.1. The molecule has 0 aliphatic carbocycles. The molecule has 1 atom stereocenters. The lowest BCUT2D eigenvalue weighted by Crippen LogP contribution is -2.44. The number of guanidine groups is 1. The van der Waals surface area contributed by atoms with Gasteiger partial charge in [0.1, 0.15) is 11.5 Å². The van der Waals surface area contributed by atoms with Crippen molar-refractivity contribution >= 4 is 5.96 Å². The summed E-state index contributed by atoms with van der Waals surface area (Å²) in [4.78, 5) is 6.81. The molecule has 158 valence electrons. The Balaban J connectivity index is 1.75. The standard InChI is InChI=1S/C21H36N4O3/c1-22-21(23-9-6-5-7-11-26-2)24-18-8-10-25(16-18)15-17-12-19(27-3)14-20(13-17)28-4/h12-14,18H,5-11,15-16H2,1-4H3,(H2,22,23,24). The highest BCUT2D eigenvalue weighted by Gasteiger charge is 2.23. The first-order chi connectivity index (χ1) is 13.7. The van der Waals surface area contributed by atoms with Gasteiger partial charge in [0.05, 0.1) is 14.2 Å². The number of nitrogens with one attached hydrogen (secondary N) is 2. The van der Waals surface area contributed by atoms with Gasteiger partial charge in [-0.15, -0.1) is 0 Å². The largest absolute Gasteiger partial charge is 0.497 e. The van der Waals surface area contributed by atoms with E-state index in [0.29, 0.717) is 6.04 Å². The molecule has 0 spiro atoms. The van der Waals surface area contributed by atoms with Crippen molar-refractivity contribution < 1.29 is 14.2 Å². The van der Waals surface area contributed by atoms with E-state index in [0.717, 1.165) is 69.5 Å². The third-order valence-corrected chi connectivity index (χ3v) is 4.97. The molecule has 1 aromatic carbocycles. The summed E-state index contributed by atoms with van der Waals surface area (Å²) in [6.45, 7) is 4.71. The maximum absolute atomic E-state index is 5.38. The zero-order valence-corrected chi connectivity index (χ0v) is 17.8. The molecule has 1 fully saturated rings. The van der Waals surface area contributed by atoms with E-state index in [1.54, 1.807) is 21.3 Å². The summed E-state index contributed by atoms with van der Waals surface area (Å²) < 4.78 is 15.8. The summed E-state index contributed by atoms with van der Waals surface area (Å²) >= 11 is 0. The molecule has 2 N–H and O–H groups in total. The molecule has 0 aromatic heterocycles. The van der Waals surface area contributed by atoms with E-state index >= 15 is 0 Å². The quantitative estimate of drug-likeness (QED) is 0.342. The smallest absolute Gasteiger partial charge is 0.191 e. The fraction of sp³-hybridized carbons (Fsp3) is 0.667. The molecule has 1 aromatic rings. The number of methoxy groups -OCH3 is 3. The molecular formula is C21H36N4O3. The molecule has 1 heterocycles. The summed E-state index contributed by atoms with van der Waals surface area (Å²) in [7, 11) is 6.95. The van der Waals surface area contributed by atoms with Gasteiger partial charge in [-0.25, -0.2) is 0 Å². The molecule has 0 radical (unpaired) electrons. The second-order valence-electron chi connectivity index (χ2n) is 7.14. The van der Waals surface area contributed by atoms with Crippen molar-refractivity contribution in [1.29, 1.82) is 0 Å². The van der Waals surface area contributed by atoms with Gasteiger partial charge in [0.25, 0.3) is 0 Å². The lowest BCUT2D eigenvalue weighted by molar-refractivity contribution is 0.192. The van der Waals surface area contributed by atoms with Gasteiger partial charge >= 0.3 is 0 Å². The molecule has 7 heteroatoms. The zero-order chi connectivity index (χ0) is 20.2. The predicted octanol–water partition coefficient (Wildman–Crippen LogP) is 2.26. The van der Waals surface area contributed by atoms with Crippen molar-refractivity contribution in [1.82, 2.24) is 15.5 Å². The Morgan fingerprint density at radius 2 is 1.86 bits per heavy atom. The zero-order valence-electron chi connectivity index (χ0n) is 17.8. The number of ether oxygens (including phenoxy) is 3. The average molecular weight is 393 g/mol. The van der Waals surface area contributed by atoms with Crippen LogP contribution >= 0.6 is 0 Å². The third kappa shape index (κ3) is 7.56. The van der Waals surface area contributed by atoms with Crippen LogP contribution in [0.3, 0.4) is 0 Å². The van der Waals surface area contributed by atoms with E-state index in [2.05, 4.69) is 32.7 Å². The highest BCUT2D eigenvalue weighted by molar-refractivity contribution is 5.79. The maximum Gasteiger partial charge on any atom is 0.191 e. The van der Waals surface area contributed by atoms with Crippen LogP contribution in [0.1, 0.15) is 31.2 Å². The summed E-state index contributed by atoms with van der Waals surface area (Å²) in [6, 6.07) is 6.47. The number of hydrogen-bond donors (Lipinski definition) is 2. The normalized spacial score (nSPS) is 17.6. The van der Waals surface area contributed by atoms with Crippen molar-refractivity contribution in [2.45, 2.75) is 38.3 Å². The van der Waals surface area contributed by atoms with Crippen LogP contribution < -0.4 is 20.1 Å². The second-order valence-corrected chi connectivity index (χ2v) is 7.14. The van der Waals surface area contributed by atoms with E-state index in [1.807, 2.05) is 13.1 Å². The van der Waals surface area contributed by atoms with Gasteiger partial charge in [0.2, 0.25) is 0 Å². The number of rotatable bonds is 11. The lowest BCUT2D eigenvalue weighted by atomic mass is 10.2. The molecule has 2 rings (SSSR count). The molecule has 1 aliphatic heterocycles. The van der Waals surface area contributed by atoms with E-state index in [1.165, 1.54) is 12.0 Å². The minimum absolute atomic E-state index is 0.409. The van der Waals surface area contributed by atoms with Gasteiger partial charge in [0, 0.05) is 59.1 Å². The van der Waals surface area contributed by atoms with Crippen molar-refractivity contribution in [2.75, 3.05) is 54.6 Å². The fourth-order valence-corrected chi connectivity index (χ4v) is 3.45. The van der Waals surface area contributed by atoms with Crippen molar-refractivity contribution in [2.24, 2.45) is 4.99 Å². The molecule has 1 saturated heterocycles. The Bertz CT molecular complexity index is 587. The number of benzene rings is 1. The Labute approximate surface area is 169 Å². The number of nitrogens with zero attached hydrogens (tertiary/aromatic N) is 2. The van der Waals surface area contributed by atoms with Gasteiger partial charge in [-0.3, -0.25) is 9.89 Å². The monoisotopic (exact) mass is 392 g/mol. The first kappa shape index (κ1) is 22.3. The molecule has 1 aliphatic rings. The van der Waals surface area contributed by atoms with Crippen LogP contribution in [0, 0.1) is 0 Å². The SMILES string of the molecule is CN=C(NCCCCCOC)NC1CCN(Cc2cc(OC)cc(OC)c2)C1. The van der Waals surface area contributed by atoms with Gasteiger partial charge in [-0.1, -0.05) is 0 Å². The minimum Gasteiger partial charge on any atom is -0.497 e. The van der Waals surface area contributed by atoms with Crippen LogP contribution in [-0.4, -0.2) is 71.5 Å². The molecule has 0 saturated carbocycles. The maximum atomic E-state index is 5.38. The molecule has 0 amide bonds. The van der Waals surface area contributed by atoms with Gasteiger partial charge in [0.15, 0.2) is 5.96 Å². The highest BCUT2D eigenvalue weighted by atomic mass is 16.5. The molecule has 7 nitrogen and oxygen atoms in total. The summed E-state index contributed by atoms with van der Waals surface area (Å²) in [5.74, 6) is 2.55. The van der Waals surface area contributed by atoms with Gasteiger partial charge in [-0.05, 0) is 43.4 Å². The van der Waals surface area contributed by atoms with Crippen LogP contribution in [0.25, 0.3) is 0 Å². The Morgan fingerprint density at radius 1 is 1.11 bits per heavy atom. The van der Waals surface area contributed by atoms with E-state index in [4.69, 9.17) is 14.2 Å². The number of hydrogen-bond acceptors (Lipinski definition) is 5. The molecule has 28 heavy (non-hydrogen) atoms. The van der Waals surface area contributed by atoms with Crippen LogP contribution in [0.5, 0.6) is 11.5 Å². The Hall–Kier alpha value is -1.99. The Kier molecular flexibility index (Phi) is 9.93. The van der Waals surface area contributed by atoms with Crippen LogP contribution in [0.15, 0.2) is 23.2 Å². The number of likely N-dealkylation sites (tertiary alicyclic amines) is 1. The average Bonchev–Trinajstić information content (AvgIpc) is 3.15. The topological polar surface area (TPSA) is 67.4 Å². The van der Waals surface area contributed by atoms with E-state index in [-0.39, 0.29) is 0 Å². The minimum atomic E-state index is 0.409. The molecule has 0 bridgehead atoms. The summed E-state index contributed by atoms with van der Waals surface area (Å²) in [5, 5.41) is 6.97. The number of aliphatic imine (C=N–C) groups is 1. The van der Waals surface area contributed by atoms with Crippen molar-refractivity contribution in [3.63, 3.8) is 0 Å². The van der Waals surface area contributed by atoms with Crippen molar-refractivity contribution in [3.8, 4) is 11.5 Å². The van der Waals surface area contributed by atoms with E-state index in [9.17, 15) is 0 Å². The highest BCUT2D eigenvalue weighted by Crippen LogP contribution is 2.24. The second kappa shape index (κ2) is 12.5. The van der Waals surface area contributed by atoms with E-state index < -0.39 is 0 Å². The predicted molar refractivity (Wildman–Crippen MR) is 113 cm³/mol. The molecule has 1 unspecified atom stereocenters. The lowest BCUT2D eigenvalue weighted by Gasteiger charge is -2.19.